The summed E-state index contributed by atoms with van der Waals surface area (Å²) in [5.74, 6) is -0.834. The third-order valence-electron chi connectivity index (χ3n) is 1.86. The predicted octanol–water partition coefficient (Wildman–Crippen LogP) is 2.17. The topological polar surface area (TPSA) is 57.5 Å². The highest BCUT2D eigenvalue weighted by molar-refractivity contribution is 9.09. The van der Waals surface area contributed by atoms with E-state index in [1.165, 1.54) is 0 Å². The van der Waals surface area contributed by atoms with Gasteiger partial charge in [-0.25, -0.2) is 0 Å². The van der Waals surface area contributed by atoms with Crippen molar-refractivity contribution in [3.8, 4) is 0 Å². The van der Waals surface area contributed by atoms with Crippen molar-refractivity contribution in [2.75, 3.05) is 5.33 Å². The van der Waals surface area contributed by atoms with Gasteiger partial charge in [-0.2, -0.15) is 0 Å². The molecule has 1 atom stereocenters. The fourth-order valence-corrected chi connectivity index (χ4v) is 1.48. The van der Waals surface area contributed by atoms with Crippen LogP contribution in [0.2, 0.25) is 0 Å². The summed E-state index contributed by atoms with van der Waals surface area (Å²) in [5, 5.41) is 18.7. The minimum atomic E-state index is -0.834. The van der Waals surface area contributed by atoms with Crippen molar-refractivity contribution in [3.63, 3.8) is 0 Å². The number of aliphatic hydroxyl groups excluding tert-OH is 1. The second kappa shape index (κ2) is 8.51. The molecule has 3 nitrogen and oxygen atoms in total. The molecule has 13 heavy (non-hydrogen) atoms. The third kappa shape index (κ3) is 9.83. The van der Waals surface area contributed by atoms with E-state index in [0.29, 0.717) is 6.42 Å². The number of rotatable bonds is 8. The van der Waals surface area contributed by atoms with E-state index < -0.39 is 12.1 Å². The molecule has 0 aliphatic carbocycles. The molecule has 78 valence electrons. The third-order valence-corrected chi connectivity index (χ3v) is 2.42. The van der Waals surface area contributed by atoms with Crippen LogP contribution in [-0.2, 0) is 4.79 Å². The first-order chi connectivity index (χ1) is 6.16. The highest BCUT2D eigenvalue weighted by Crippen LogP contribution is 2.08. The summed E-state index contributed by atoms with van der Waals surface area (Å²) in [4.78, 5) is 10.2. The van der Waals surface area contributed by atoms with E-state index >= 15 is 0 Å². The summed E-state index contributed by atoms with van der Waals surface area (Å²) in [6.45, 7) is 0. The van der Waals surface area contributed by atoms with Crippen LogP contribution in [0.5, 0.6) is 0 Å². The largest absolute Gasteiger partial charge is 0.481 e. The van der Waals surface area contributed by atoms with Crippen LogP contribution >= 0.6 is 15.9 Å². The molecule has 0 aromatic rings. The molecule has 0 saturated carbocycles. The van der Waals surface area contributed by atoms with Crippen LogP contribution in [0.25, 0.3) is 0 Å². The van der Waals surface area contributed by atoms with Crippen LogP contribution < -0.4 is 0 Å². The van der Waals surface area contributed by atoms with Gasteiger partial charge in [0.15, 0.2) is 0 Å². The van der Waals surface area contributed by atoms with Crippen LogP contribution in [0, 0.1) is 0 Å². The number of halogens is 1. The molecule has 4 heteroatoms. The smallest absolute Gasteiger partial charge is 0.303 e. The lowest BCUT2D eigenvalue weighted by atomic mass is 10.1. The molecule has 0 spiro atoms. The minimum Gasteiger partial charge on any atom is -0.481 e. The van der Waals surface area contributed by atoms with Gasteiger partial charge in [0.2, 0.25) is 0 Å². The van der Waals surface area contributed by atoms with Gasteiger partial charge < -0.3 is 10.2 Å². The van der Waals surface area contributed by atoms with Gasteiger partial charge in [0.05, 0.1) is 6.10 Å². The van der Waals surface area contributed by atoms with Crippen LogP contribution in [-0.4, -0.2) is 27.6 Å². The molecule has 0 bridgehead atoms. The van der Waals surface area contributed by atoms with Gasteiger partial charge in [0.1, 0.15) is 0 Å². The van der Waals surface area contributed by atoms with E-state index in [1.54, 1.807) is 0 Å². The number of hydrogen-bond donors (Lipinski definition) is 2. The zero-order valence-corrected chi connectivity index (χ0v) is 9.29. The summed E-state index contributed by atoms with van der Waals surface area (Å²) >= 11 is 3.33. The second-order valence-corrected chi connectivity index (χ2v) is 3.92. The molecule has 0 aliphatic heterocycles. The molecule has 2 N–H and O–H groups in total. The van der Waals surface area contributed by atoms with Crippen molar-refractivity contribution < 1.29 is 15.0 Å². The monoisotopic (exact) mass is 252 g/mol. The molecular weight excluding hydrogens is 236 g/mol. The number of carboxylic acids is 1. The van der Waals surface area contributed by atoms with E-state index in [1.807, 2.05) is 0 Å². The van der Waals surface area contributed by atoms with Crippen molar-refractivity contribution in [3.05, 3.63) is 0 Å². The Kier molecular flexibility index (Phi) is 8.45. The average molecular weight is 253 g/mol. The van der Waals surface area contributed by atoms with E-state index in [4.69, 9.17) is 5.11 Å². The van der Waals surface area contributed by atoms with Crippen LogP contribution in [0.15, 0.2) is 0 Å². The zero-order chi connectivity index (χ0) is 10.1. The Balaban J connectivity index is 3.19. The molecule has 0 aliphatic rings. The Bertz CT molecular complexity index is 139. The predicted molar refractivity (Wildman–Crippen MR) is 55.1 cm³/mol. The van der Waals surface area contributed by atoms with Crippen LogP contribution in [0.4, 0.5) is 0 Å². The molecule has 0 rings (SSSR count). The van der Waals surface area contributed by atoms with Crippen molar-refractivity contribution in [1.82, 2.24) is 0 Å². The molecule has 0 aromatic heterocycles. The normalized spacial score (nSPS) is 12.8. The lowest BCUT2D eigenvalue weighted by molar-refractivity contribution is -0.137. The Hall–Kier alpha value is -0.0900. The average Bonchev–Trinajstić information content (AvgIpc) is 2.09. The quantitative estimate of drug-likeness (QED) is 0.514. The first-order valence-corrected chi connectivity index (χ1v) is 5.74. The van der Waals surface area contributed by atoms with E-state index in [2.05, 4.69) is 15.9 Å². The van der Waals surface area contributed by atoms with Gasteiger partial charge in [0, 0.05) is 11.8 Å². The fourth-order valence-electron chi connectivity index (χ4n) is 1.09. The van der Waals surface area contributed by atoms with Crippen molar-refractivity contribution >= 4 is 21.9 Å². The van der Waals surface area contributed by atoms with Gasteiger partial charge in [0.25, 0.3) is 0 Å². The Morgan fingerprint density at radius 1 is 1.23 bits per heavy atom. The molecule has 0 saturated heterocycles. The lowest BCUT2D eigenvalue weighted by Gasteiger charge is -2.07. The molecular formula is C9H17BrO3. The van der Waals surface area contributed by atoms with Gasteiger partial charge in [-0.1, -0.05) is 28.8 Å². The number of alkyl halides is 1. The first-order valence-electron chi connectivity index (χ1n) is 4.62. The number of unbranched alkanes of at least 4 members (excludes halogenated alkanes) is 2. The van der Waals surface area contributed by atoms with Crippen molar-refractivity contribution in [2.45, 2.75) is 44.6 Å². The highest BCUT2D eigenvalue weighted by Gasteiger charge is 2.06. The Morgan fingerprint density at radius 2 is 1.92 bits per heavy atom. The molecule has 0 fully saturated rings. The van der Waals surface area contributed by atoms with Crippen molar-refractivity contribution in [1.29, 1.82) is 0 Å². The number of aliphatic carboxylic acids is 1. The van der Waals surface area contributed by atoms with E-state index in [9.17, 15) is 9.90 Å². The van der Waals surface area contributed by atoms with Gasteiger partial charge in [-0.15, -0.1) is 0 Å². The van der Waals surface area contributed by atoms with Crippen molar-refractivity contribution in [2.24, 2.45) is 0 Å². The standard InChI is InChI=1S/C9H17BrO3/c10-7-3-1-2-4-8(11)5-6-9(12)13/h8,11H,1-7H2,(H,12,13). The summed E-state index contributed by atoms with van der Waals surface area (Å²) < 4.78 is 0. The molecule has 0 amide bonds. The SMILES string of the molecule is O=C(O)CCC(O)CCCCCBr. The number of hydrogen-bond acceptors (Lipinski definition) is 2. The Labute approximate surface area is 87.3 Å². The molecule has 0 aromatic carbocycles. The summed E-state index contributed by atoms with van der Waals surface area (Å²) in [7, 11) is 0. The first kappa shape index (κ1) is 12.9. The fraction of sp³-hybridized carbons (Fsp3) is 0.889. The molecule has 0 radical (unpaired) electrons. The number of aliphatic hydroxyl groups is 1. The van der Waals surface area contributed by atoms with Gasteiger partial charge >= 0.3 is 5.97 Å². The lowest BCUT2D eigenvalue weighted by Crippen LogP contribution is -2.09. The summed E-state index contributed by atoms with van der Waals surface area (Å²) in [6, 6.07) is 0. The number of carbonyl (C=O) groups is 1. The number of carboxylic acid groups (broad SMARTS) is 1. The summed E-state index contributed by atoms with van der Waals surface area (Å²) in [5.41, 5.74) is 0. The van der Waals surface area contributed by atoms with E-state index in [-0.39, 0.29) is 6.42 Å². The Morgan fingerprint density at radius 3 is 2.46 bits per heavy atom. The van der Waals surface area contributed by atoms with Crippen LogP contribution in [0.1, 0.15) is 38.5 Å². The molecule has 1 unspecified atom stereocenters. The second-order valence-electron chi connectivity index (χ2n) is 3.12. The van der Waals surface area contributed by atoms with Gasteiger partial charge in [-0.05, 0) is 19.3 Å². The van der Waals surface area contributed by atoms with Gasteiger partial charge in [-0.3, -0.25) is 4.79 Å². The maximum absolute atomic E-state index is 10.2. The molecule has 0 heterocycles. The minimum absolute atomic E-state index is 0.0691. The van der Waals surface area contributed by atoms with Crippen LogP contribution in [0.3, 0.4) is 0 Å². The highest BCUT2D eigenvalue weighted by atomic mass is 79.9. The maximum atomic E-state index is 10.2. The zero-order valence-electron chi connectivity index (χ0n) is 7.71. The summed E-state index contributed by atoms with van der Waals surface area (Å²) in [6.07, 6.45) is 3.92. The van der Waals surface area contributed by atoms with E-state index in [0.717, 1.165) is 31.0 Å². The maximum Gasteiger partial charge on any atom is 0.303 e.